The quantitative estimate of drug-likeness (QED) is 0.709. The number of fused-ring (bicyclic) bond motifs is 1. The second-order valence-corrected chi connectivity index (χ2v) is 6.10. The fraction of sp³-hybridized carbons (Fsp3) is 0.188. The van der Waals surface area contributed by atoms with Gasteiger partial charge in [-0.05, 0) is 46.4 Å². The molecule has 3 rings (SSSR count). The van der Waals surface area contributed by atoms with Crippen LogP contribution in [0, 0.1) is 3.57 Å². The Labute approximate surface area is 131 Å². The molecule has 0 spiro atoms. The zero-order valence-corrected chi connectivity index (χ0v) is 13.3. The van der Waals surface area contributed by atoms with Gasteiger partial charge in [0.15, 0.2) is 0 Å². The van der Waals surface area contributed by atoms with Crippen LogP contribution in [0.4, 0.5) is 0 Å². The number of hydrogen-bond donors (Lipinski definition) is 1. The van der Waals surface area contributed by atoms with E-state index in [4.69, 9.17) is 0 Å². The Morgan fingerprint density at radius 3 is 2.60 bits per heavy atom. The summed E-state index contributed by atoms with van der Waals surface area (Å²) in [6.45, 7) is 0. The number of aromatic nitrogens is 2. The molecule has 4 heteroatoms. The summed E-state index contributed by atoms with van der Waals surface area (Å²) in [5.74, 6) is 0. The van der Waals surface area contributed by atoms with E-state index in [-0.39, 0.29) is 0 Å². The summed E-state index contributed by atoms with van der Waals surface area (Å²) >= 11 is 2.26. The van der Waals surface area contributed by atoms with Gasteiger partial charge in [-0.25, -0.2) is 0 Å². The van der Waals surface area contributed by atoms with Crippen molar-refractivity contribution < 1.29 is 5.11 Å². The first kappa shape index (κ1) is 13.6. The number of aliphatic hydroxyl groups is 1. The third-order valence-corrected chi connectivity index (χ3v) is 4.19. The first-order valence-electron chi connectivity index (χ1n) is 6.49. The molecular formula is C16H15IN2O. The lowest BCUT2D eigenvalue weighted by molar-refractivity contribution is 0.177. The van der Waals surface area contributed by atoms with Gasteiger partial charge < -0.3 is 5.11 Å². The molecule has 2 aromatic carbocycles. The van der Waals surface area contributed by atoms with Gasteiger partial charge in [0.1, 0.15) is 0 Å². The summed E-state index contributed by atoms with van der Waals surface area (Å²) in [5, 5.41) is 16.0. The van der Waals surface area contributed by atoms with Crippen LogP contribution in [0.25, 0.3) is 10.9 Å². The van der Waals surface area contributed by atoms with E-state index < -0.39 is 6.10 Å². The van der Waals surface area contributed by atoms with Crippen molar-refractivity contribution in [2.45, 2.75) is 12.5 Å². The lowest BCUT2D eigenvalue weighted by atomic mass is 10.0. The van der Waals surface area contributed by atoms with E-state index >= 15 is 0 Å². The first-order chi connectivity index (χ1) is 9.65. The maximum absolute atomic E-state index is 10.4. The van der Waals surface area contributed by atoms with E-state index in [1.807, 2.05) is 54.2 Å². The van der Waals surface area contributed by atoms with Crippen molar-refractivity contribution in [2.75, 3.05) is 0 Å². The van der Waals surface area contributed by atoms with E-state index in [2.05, 4.69) is 33.8 Å². The van der Waals surface area contributed by atoms with Crippen molar-refractivity contribution in [1.29, 1.82) is 0 Å². The molecule has 0 fully saturated rings. The second-order valence-electron chi connectivity index (χ2n) is 4.86. The Hall–Kier alpha value is -1.40. The predicted molar refractivity (Wildman–Crippen MR) is 88.5 cm³/mol. The average Bonchev–Trinajstić information content (AvgIpc) is 2.77. The fourth-order valence-electron chi connectivity index (χ4n) is 2.43. The molecule has 0 aliphatic carbocycles. The van der Waals surface area contributed by atoms with E-state index in [9.17, 15) is 5.11 Å². The van der Waals surface area contributed by atoms with Crippen LogP contribution >= 0.6 is 22.6 Å². The predicted octanol–water partition coefficient (Wildman–Crippen LogP) is 3.45. The van der Waals surface area contributed by atoms with E-state index in [0.717, 1.165) is 22.2 Å². The van der Waals surface area contributed by atoms with Crippen LogP contribution in [-0.4, -0.2) is 14.9 Å². The Kier molecular flexibility index (Phi) is 3.76. The molecule has 102 valence electrons. The highest BCUT2D eigenvalue weighted by Crippen LogP contribution is 2.24. The van der Waals surface area contributed by atoms with Gasteiger partial charge in [-0.1, -0.05) is 30.3 Å². The third-order valence-electron chi connectivity index (χ3n) is 3.48. The minimum absolute atomic E-state index is 0.523. The highest BCUT2D eigenvalue weighted by atomic mass is 127. The standard InChI is InChI=1S/C16H15IN2O/c1-19-15-5-3-2-4-13(15)14(18-19)10-16(20)11-6-8-12(17)9-7-11/h2-9,16,20H,10H2,1H3. The molecule has 3 aromatic rings. The number of aryl methyl sites for hydroxylation is 1. The van der Waals surface area contributed by atoms with Gasteiger partial charge in [0.2, 0.25) is 0 Å². The highest BCUT2D eigenvalue weighted by Gasteiger charge is 2.14. The summed E-state index contributed by atoms with van der Waals surface area (Å²) in [7, 11) is 1.93. The fourth-order valence-corrected chi connectivity index (χ4v) is 2.78. The Balaban J connectivity index is 1.91. The maximum atomic E-state index is 10.4. The molecule has 0 saturated heterocycles. The maximum Gasteiger partial charge on any atom is 0.0846 e. The molecule has 0 amide bonds. The topological polar surface area (TPSA) is 38.0 Å². The van der Waals surface area contributed by atoms with Crippen LogP contribution in [0.5, 0.6) is 0 Å². The zero-order chi connectivity index (χ0) is 14.1. The molecule has 0 aliphatic rings. The molecule has 20 heavy (non-hydrogen) atoms. The van der Waals surface area contributed by atoms with Gasteiger partial charge in [0.05, 0.1) is 17.3 Å². The van der Waals surface area contributed by atoms with E-state index in [0.29, 0.717) is 6.42 Å². The van der Waals surface area contributed by atoms with Crippen LogP contribution in [0.1, 0.15) is 17.4 Å². The Morgan fingerprint density at radius 2 is 1.85 bits per heavy atom. The minimum Gasteiger partial charge on any atom is -0.388 e. The number of para-hydroxylation sites is 1. The van der Waals surface area contributed by atoms with Gasteiger partial charge in [-0.15, -0.1) is 0 Å². The van der Waals surface area contributed by atoms with E-state index in [1.54, 1.807) is 0 Å². The highest BCUT2D eigenvalue weighted by molar-refractivity contribution is 14.1. The van der Waals surface area contributed by atoms with Gasteiger partial charge in [-0.2, -0.15) is 5.10 Å². The zero-order valence-electron chi connectivity index (χ0n) is 11.1. The van der Waals surface area contributed by atoms with Crippen LogP contribution in [0.3, 0.4) is 0 Å². The molecule has 1 unspecified atom stereocenters. The number of hydrogen-bond acceptors (Lipinski definition) is 2. The van der Waals surface area contributed by atoms with Crippen molar-refractivity contribution >= 4 is 33.5 Å². The van der Waals surface area contributed by atoms with Gasteiger partial charge in [-0.3, -0.25) is 4.68 Å². The molecule has 1 atom stereocenters. The van der Waals surface area contributed by atoms with Crippen molar-refractivity contribution in [3.63, 3.8) is 0 Å². The van der Waals surface area contributed by atoms with Gasteiger partial charge in [0, 0.05) is 22.4 Å². The van der Waals surface area contributed by atoms with E-state index in [1.165, 1.54) is 3.57 Å². The summed E-state index contributed by atoms with van der Waals surface area (Å²) < 4.78 is 3.03. The van der Waals surface area contributed by atoms with Crippen molar-refractivity contribution in [3.05, 3.63) is 63.4 Å². The largest absolute Gasteiger partial charge is 0.388 e. The van der Waals surface area contributed by atoms with Gasteiger partial charge >= 0.3 is 0 Å². The van der Waals surface area contributed by atoms with Crippen LogP contribution in [0.15, 0.2) is 48.5 Å². The smallest absolute Gasteiger partial charge is 0.0846 e. The number of nitrogens with zero attached hydrogens (tertiary/aromatic N) is 2. The van der Waals surface area contributed by atoms with Crippen molar-refractivity contribution in [2.24, 2.45) is 7.05 Å². The molecule has 1 heterocycles. The van der Waals surface area contributed by atoms with Crippen molar-refractivity contribution in [3.8, 4) is 0 Å². The molecule has 0 saturated carbocycles. The SMILES string of the molecule is Cn1nc(CC(O)c2ccc(I)cc2)c2ccccc21. The minimum atomic E-state index is -0.523. The first-order valence-corrected chi connectivity index (χ1v) is 7.57. The Morgan fingerprint density at radius 1 is 1.15 bits per heavy atom. The molecule has 1 aromatic heterocycles. The van der Waals surface area contributed by atoms with Crippen molar-refractivity contribution in [1.82, 2.24) is 9.78 Å². The number of benzene rings is 2. The number of rotatable bonds is 3. The molecule has 0 bridgehead atoms. The summed E-state index contributed by atoms with van der Waals surface area (Å²) in [4.78, 5) is 0. The molecular weight excluding hydrogens is 363 g/mol. The second kappa shape index (κ2) is 5.54. The summed E-state index contributed by atoms with van der Waals surface area (Å²) in [5.41, 5.74) is 2.96. The average molecular weight is 378 g/mol. The van der Waals surface area contributed by atoms with Crippen LogP contribution in [-0.2, 0) is 13.5 Å². The number of aliphatic hydroxyl groups excluding tert-OH is 1. The van der Waals surface area contributed by atoms with Crippen LogP contribution in [0.2, 0.25) is 0 Å². The normalized spacial score (nSPS) is 12.8. The van der Waals surface area contributed by atoms with Crippen LogP contribution < -0.4 is 0 Å². The molecule has 0 aliphatic heterocycles. The Bertz CT molecular complexity index is 734. The molecule has 0 radical (unpaired) electrons. The number of halogens is 1. The summed E-state index contributed by atoms with van der Waals surface area (Å²) in [6.07, 6.45) is 0.00684. The van der Waals surface area contributed by atoms with Gasteiger partial charge in [0.25, 0.3) is 0 Å². The monoisotopic (exact) mass is 378 g/mol. The molecule has 3 nitrogen and oxygen atoms in total. The lowest BCUT2D eigenvalue weighted by Crippen LogP contribution is -2.03. The lowest BCUT2D eigenvalue weighted by Gasteiger charge is -2.09. The third kappa shape index (κ3) is 2.58. The summed E-state index contributed by atoms with van der Waals surface area (Å²) in [6, 6.07) is 16.1. The molecule has 1 N–H and O–H groups in total.